The van der Waals surface area contributed by atoms with Crippen molar-refractivity contribution in [2.24, 2.45) is 7.05 Å². The van der Waals surface area contributed by atoms with E-state index in [0.717, 1.165) is 23.1 Å². The van der Waals surface area contributed by atoms with E-state index in [1.807, 2.05) is 62.4 Å². The highest BCUT2D eigenvalue weighted by molar-refractivity contribution is 5.74. The third kappa shape index (κ3) is 5.04. The van der Waals surface area contributed by atoms with Gasteiger partial charge in [0, 0.05) is 13.6 Å². The summed E-state index contributed by atoms with van der Waals surface area (Å²) in [6, 6.07) is 15.7. The number of aliphatic hydroxyl groups is 1. The monoisotopic (exact) mass is 463 g/mol. The van der Waals surface area contributed by atoms with Crippen LogP contribution in [0.15, 0.2) is 58.1 Å². The van der Waals surface area contributed by atoms with Crippen molar-refractivity contribution in [2.45, 2.75) is 32.9 Å². The molecule has 0 bridgehead atoms. The summed E-state index contributed by atoms with van der Waals surface area (Å²) in [5.41, 5.74) is 2.79. The highest BCUT2D eigenvalue weighted by Gasteiger charge is 2.20. The number of fused-ring (bicyclic) bond motifs is 1. The zero-order valence-corrected chi connectivity index (χ0v) is 19.5. The molecule has 0 aliphatic heterocycles. The van der Waals surface area contributed by atoms with Crippen LogP contribution in [-0.4, -0.2) is 43.5 Å². The molecule has 9 heteroatoms. The summed E-state index contributed by atoms with van der Waals surface area (Å²) >= 11 is 0. The van der Waals surface area contributed by atoms with Gasteiger partial charge in [-0.3, -0.25) is 14.3 Å². The van der Waals surface area contributed by atoms with Crippen LogP contribution in [0.4, 0.5) is 5.95 Å². The molecule has 0 aliphatic carbocycles. The highest BCUT2D eigenvalue weighted by atomic mass is 16.5. The fourth-order valence-corrected chi connectivity index (χ4v) is 3.77. The molecular formula is C25H29N5O4. The van der Waals surface area contributed by atoms with Crippen LogP contribution >= 0.6 is 0 Å². The third-order valence-electron chi connectivity index (χ3n) is 5.86. The number of aryl methyl sites for hydroxylation is 3. The summed E-state index contributed by atoms with van der Waals surface area (Å²) in [4.78, 5) is 31.5. The lowest BCUT2D eigenvalue weighted by Gasteiger charge is -2.16. The molecule has 0 fully saturated rings. The highest BCUT2D eigenvalue weighted by Crippen LogP contribution is 2.19. The van der Waals surface area contributed by atoms with Gasteiger partial charge in [0.2, 0.25) is 5.95 Å². The van der Waals surface area contributed by atoms with E-state index in [-0.39, 0.29) is 24.3 Å². The Hall–Kier alpha value is -3.85. The van der Waals surface area contributed by atoms with Gasteiger partial charge in [-0.2, -0.15) is 4.98 Å². The molecule has 4 rings (SSSR count). The van der Waals surface area contributed by atoms with Crippen LogP contribution in [-0.2, 0) is 20.0 Å². The number of hydrogen-bond acceptors (Lipinski definition) is 6. The maximum atomic E-state index is 12.6. The molecule has 2 heterocycles. The number of aromatic nitrogens is 4. The van der Waals surface area contributed by atoms with Gasteiger partial charge in [-0.05, 0) is 49.1 Å². The van der Waals surface area contributed by atoms with Gasteiger partial charge >= 0.3 is 5.69 Å². The van der Waals surface area contributed by atoms with E-state index in [2.05, 4.69) is 15.3 Å². The minimum atomic E-state index is -0.912. The molecule has 0 radical (unpaired) electrons. The topological polar surface area (TPSA) is 114 Å². The lowest BCUT2D eigenvalue weighted by Crippen LogP contribution is -2.31. The number of hydrogen-bond donors (Lipinski definition) is 3. The molecule has 3 N–H and O–H groups in total. The van der Waals surface area contributed by atoms with E-state index in [9.17, 15) is 14.7 Å². The number of benzene rings is 2. The largest absolute Gasteiger partial charge is 0.491 e. The number of H-pyrrole nitrogens is 1. The Kier molecular flexibility index (Phi) is 6.83. The van der Waals surface area contributed by atoms with E-state index in [0.29, 0.717) is 18.2 Å². The smallest absolute Gasteiger partial charge is 0.329 e. The summed E-state index contributed by atoms with van der Waals surface area (Å²) in [5.74, 6) is 1.07. The van der Waals surface area contributed by atoms with E-state index in [1.165, 1.54) is 4.57 Å². The van der Waals surface area contributed by atoms with Gasteiger partial charge in [-0.15, -0.1) is 0 Å². The lowest BCUT2D eigenvalue weighted by molar-refractivity contribution is 0.0938. The Labute approximate surface area is 196 Å². The summed E-state index contributed by atoms with van der Waals surface area (Å²) < 4.78 is 8.66. The summed E-state index contributed by atoms with van der Waals surface area (Å²) in [7, 11) is 1.55. The summed E-state index contributed by atoms with van der Waals surface area (Å²) in [5, 5.41) is 14.0. The zero-order chi connectivity index (χ0) is 24.2. The van der Waals surface area contributed by atoms with Crippen LogP contribution in [0, 0.1) is 13.8 Å². The number of aliphatic hydroxyl groups excluding tert-OH is 1. The van der Waals surface area contributed by atoms with Crippen LogP contribution in [0.3, 0.4) is 0 Å². The molecule has 2 aromatic heterocycles. The number of anilines is 1. The molecule has 0 aliphatic rings. The first-order valence-corrected chi connectivity index (χ1v) is 11.2. The van der Waals surface area contributed by atoms with Gasteiger partial charge in [0.15, 0.2) is 11.2 Å². The Bertz CT molecular complexity index is 1400. The zero-order valence-electron chi connectivity index (χ0n) is 19.5. The first-order valence-electron chi connectivity index (χ1n) is 11.2. The van der Waals surface area contributed by atoms with Crippen molar-refractivity contribution in [3.05, 3.63) is 86.1 Å². The average molecular weight is 464 g/mol. The summed E-state index contributed by atoms with van der Waals surface area (Å²) in [6.45, 7) is 4.69. The van der Waals surface area contributed by atoms with Crippen molar-refractivity contribution in [1.82, 2.24) is 19.1 Å². The first kappa shape index (κ1) is 23.3. The molecule has 34 heavy (non-hydrogen) atoms. The second-order valence-corrected chi connectivity index (χ2v) is 8.41. The van der Waals surface area contributed by atoms with Crippen molar-refractivity contribution in [1.29, 1.82) is 0 Å². The average Bonchev–Trinajstić information content (AvgIpc) is 3.17. The Balaban J connectivity index is 1.56. The molecule has 1 atom stereocenters. The van der Waals surface area contributed by atoms with Gasteiger partial charge in [-0.25, -0.2) is 4.79 Å². The molecule has 2 aromatic carbocycles. The van der Waals surface area contributed by atoms with Crippen LogP contribution in [0.25, 0.3) is 11.2 Å². The number of ether oxygens (including phenoxy) is 1. The fourth-order valence-electron chi connectivity index (χ4n) is 3.77. The minimum absolute atomic E-state index is 0.0370. The molecular weight excluding hydrogens is 434 g/mol. The second-order valence-electron chi connectivity index (χ2n) is 8.41. The predicted octanol–water partition coefficient (Wildman–Crippen LogP) is 2.13. The Morgan fingerprint density at radius 2 is 1.88 bits per heavy atom. The lowest BCUT2D eigenvalue weighted by atomic mass is 10.1. The standard InChI is InChI=1S/C25H29N5O4/c1-16-9-10-20(13-17(16)2)34-15-19(31)14-30-21-22(29(3)25(33)28-23(21)32)27-24(30)26-12-11-18-7-5-4-6-8-18/h4-10,13,19,31H,11-12,14-15H2,1-3H3,(H,26,27)(H,28,32,33). The second kappa shape index (κ2) is 9.96. The van der Waals surface area contributed by atoms with Crippen molar-refractivity contribution in [3.63, 3.8) is 0 Å². The molecule has 1 unspecified atom stereocenters. The molecule has 0 amide bonds. The number of imidazole rings is 1. The van der Waals surface area contributed by atoms with E-state index < -0.39 is 17.4 Å². The van der Waals surface area contributed by atoms with Crippen LogP contribution in [0.2, 0.25) is 0 Å². The summed E-state index contributed by atoms with van der Waals surface area (Å²) in [6.07, 6.45) is -0.164. The van der Waals surface area contributed by atoms with Crippen LogP contribution < -0.4 is 21.3 Å². The Morgan fingerprint density at radius 1 is 1.12 bits per heavy atom. The van der Waals surface area contributed by atoms with E-state index in [4.69, 9.17) is 4.74 Å². The number of nitrogens with zero attached hydrogens (tertiary/aromatic N) is 3. The third-order valence-corrected chi connectivity index (χ3v) is 5.86. The van der Waals surface area contributed by atoms with Gasteiger partial charge < -0.3 is 19.7 Å². The van der Waals surface area contributed by atoms with Gasteiger partial charge in [-0.1, -0.05) is 36.4 Å². The van der Waals surface area contributed by atoms with Crippen molar-refractivity contribution < 1.29 is 9.84 Å². The Morgan fingerprint density at radius 3 is 2.62 bits per heavy atom. The predicted molar refractivity (Wildman–Crippen MR) is 132 cm³/mol. The minimum Gasteiger partial charge on any atom is -0.491 e. The van der Waals surface area contributed by atoms with E-state index in [1.54, 1.807) is 11.6 Å². The molecule has 9 nitrogen and oxygen atoms in total. The molecule has 0 saturated heterocycles. The maximum Gasteiger partial charge on any atom is 0.329 e. The van der Waals surface area contributed by atoms with Crippen molar-refractivity contribution >= 4 is 17.1 Å². The quantitative estimate of drug-likeness (QED) is 0.350. The molecule has 178 valence electrons. The SMILES string of the molecule is Cc1ccc(OCC(O)Cn2c(NCCc3ccccc3)nc3c2c(=O)[nH]c(=O)n3C)cc1C. The molecule has 0 spiro atoms. The molecule has 4 aromatic rings. The molecule has 0 saturated carbocycles. The van der Waals surface area contributed by atoms with Crippen LogP contribution in [0.1, 0.15) is 16.7 Å². The van der Waals surface area contributed by atoms with Gasteiger partial charge in [0.05, 0.1) is 6.54 Å². The van der Waals surface area contributed by atoms with Crippen molar-refractivity contribution in [3.8, 4) is 5.75 Å². The fraction of sp³-hybridized carbons (Fsp3) is 0.320. The number of aromatic amines is 1. The maximum absolute atomic E-state index is 12.6. The van der Waals surface area contributed by atoms with Gasteiger partial charge in [0.25, 0.3) is 5.56 Å². The van der Waals surface area contributed by atoms with E-state index >= 15 is 0 Å². The first-order chi connectivity index (χ1) is 16.3. The van der Waals surface area contributed by atoms with Crippen molar-refractivity contribution in [2.75, 3.05) is 18.5 Å². The normalized spacial score (nSPS) is 12.1. The number of rotatable bonds is 9. The van der Waals surface area contributed by atoms with Gasteiger partial charge in [0.1, 0.15) is 18.5 Å². The number of nitrogens with one attached hydrogen (secondary N) is 2. The van der Waals surface area contributed by atoms with Crippen LogP contribution in [0.5, 0.6) is 5.75 Å².